The van der Waals surface area contributed by atoms with Gasteiger partial charge in [-0.1, -0.05) is 0 Å². The summed E-state index contributed by atoms with van der Waals surface area (Å²) in [6.45, 7) is 3.53. The third kappa shape index (κ3) is 1.98. The zero-order valence-electron chi connectivity index (χ0n) is 8.35. The molecule has 0 unspecified atom stereocenters. The minimum atomic E-state index is -4.88. The largest absolute Gasteiger partial charge is 0.456 e. The highest BCUT2D eigenvalue weighted by Crippen LogP contribution is 2.27. The number of Topliss-reactive ketones (excluding diaryl/α,β-unsaturated/α-hetero) is 1. The van der Waals surface area contributed by atoms with Crippen LogP contribution in [0.25, 0.3) is 0 Å². The van der Waals surface area contributed by atoms with E-state index in [9.17, 15) is 18.0 Å². The van der Waals surface area contributed by atoms with Crippen LogP contribution in [0.15, 0.2) is 6.07 Å². The molecule has 0 saturated heterocycles. The average Bonchev–Trinajstić information content (AvgIpc) is 2.37. The molecular weight excluding hydrogens is 209 g/mol. The molecule has 1 rings (SSSR count). The van der Waals surface area contributed by atoms with Crippen molar-refractivity contribution in [3.8, 4) is 0 Å². The van der Waals surface area contributed by atoms with Gasteiger partial charge in [-0.05, 0) is 19.9 Å². The van der Waals surface area contributed by atoms with Crippen LogP contribution in [0, 0.1) is 6.92 Å². The Morgan fingerprint density at radius 1 is 1.53 bits per heavy atom. The number of nitrogen functional groups attached to an aromatic ring is 1. The molecule has 0 amide bonds. The van der Waals surface area contributed by atoms with Gasteiger partial charge in [-0.2, -0.15) is 13.2 Å². The van der Waals surface area contributed by atoms with Gasteiger partial charge in [0, 0.05) is 12.2 Å². The number of halogens is 3. The van der Waals surface area contributed by atoms with Crippen molar-refractivity contribution in [2.45, 2.75) is 26.6 Å². The molecule has 84 valence electrons. The van der Waals surface area contributed by atoms with Crippen LogP contribution in [0.4, 0.5) is 18.9 Å². The Balaban J connectivity index is 3.31. The standard InChI is InChI=1S/C9H11F3N2O/c1-3-14-5(2)4-6(13)7(14)8(15)9(10,11)12/h4H,3,13H2,1-2H3. The molecule has 0 bridgehead atoms. The van der Waals surface area contributed by atoms with Crippen LogP contribution in [-0.4, -0.2) is 16.5 Å². The molecule has 0 aliphatic carbocycles. The molecule has 1 aromatic heterocycles. The van der Waals surface area contributed by atoms with Crippen LogP contribution < -0.4 is 5.73 Å². The highest BCUT2D eigenvalue weighted by Gasteiger charge is 2.42. The number of anilines is 1. The summed E-state index contributed by atoms with van der Waals surface area (Å²) in [6.07, 6.45) is -4.88. The number of rotatable bonds is 2. The van der Waals surface area contributed by atoms with Gasteiger partial charge in [-0.3, -0.25) is 4.79 Å². The first kappa shape index (κ1) is 11.6. The van der Waals surface area contributed by atoms with E-state index in [0.29, 0.717) is 5.69 Å². The fourth-order valence-electron chi connectivity index (χ4n) is 1.50. The van der Waals surface area contributed by atoms with Crippen LogP contribution in [0.2, 0.25) is 0 Å². The highest BCUT2D eigenvalue weighted by molar-refractivity contribution is 6.03. The van der Waals surface area contributed by atoms with Crippen LogP contribution in [0.1, 0.15) is 23.1 Å². The maximum absolute atomic E-state index is 12.2. The zero-order chi connectivity index (χ0) is 11.8. The van der Waals surface area contributed by atoms with Crippen LogP contribution in [0.3, 0.4) is 0 Å². The molecule has 0 aromatic carbocycles. The molecule has 15 heavy (non-hydrogen) atoms. The average molecular weight is 220 g/mol. The number of hydrogen-bond donors (Lipinski definition) is 1. The molecule has 0 fully saturated rings. The zero-order valence-corrected chi connectivity index (χ0v) is 8.35. The quantitative estimate of drug-likeness (QED) is 0.776. The Morgan fingerprint density at radius 3 is 2.47 bits per heavy atom. The van der Waals surface area contributed by atoms with E-state index in [2.05, 4.69) is 0 Å². The molecule has 0 aliphatic rings. The van der Waals surface area contributed by atoms with Crippen LogP contribution >= 0.6 is 0 Å². The van der Waals surface area contributed by atoms with Gasteiger partial charge >= 0.3 is 6.18 Å². The number of carbonyl (C=O) groups is 1. The lowest BCUT2D eigenvalue weighted by molar-refractivity contribution is -0.0890. The number of nitrogens with zero attached hydrogens (tertiary/aromatic N) is 1. The fourth-order valence-corrected chi connectivity index (χ4v) is 1.50. The molecule has 6 heteroatoms. The molecule has 0 spiro atoms. The molecule has 0 radical (unpaired) electrons. The predicted octanol–water partition coefficient (Wildman–Crippen LogP) is 2.14. The summed E-state index contributed by atoms with van der Waals surface area (Å²) in [5.74, 6) is -1.89. The third-order valence-corrected chi connectivity index (χ3v) is 2.12. The van der Waals surface area contributed by atoms with Crippen molar-refractivity contribution in [1.82, 2.24) is 4.57 Å². The fraction of sp³-hybridized carbons (Fsp3) is 0.444. The highest BCUT2D eigenvalue weighted by atomic mass is 19.4. The number of alkyl halides is 3. The van der Waals surface area contributed by atoms with Crippen molar-refractivity contribution in [1.29, 1.82) is 0 Å². The molecule has 2 N–H and O–H groups in total. The number of carbonyl (C=O) groups excluding carboxylic acids is 1. The number of nitrogens with two attached hydrogens (primary N) is 1. The van der Waals surface area contributed by atoms with E-state index in [1.165, 1.54) is 10.6 Å². The van der Waals surface area contributed by atoms with Gasteiger partial charge < -0.3 is 10.3 Å². The van der Waals surface area contributed by atoms with E-state index >= 15 is 0 Å². The summed E-state index contributed by atoms with van der Waals surface area (Å²) < 4.78 is 37.9. The van der Waals surface area contributed by atoms with Gasteiger partial charge in [-0.15, -0.1) is 0 Å². The second-order valence-corrected chi connectivity index (χ2v) is 3.16. The van der Waals surface area contributed by atoms with E-state index in [4.69, 9.17) is 5.73 Å². The molecule has 0 saturated carbocycles. The minimum absolute atomic E-state index is 0.128. The Morgan fingerprint density at radius 2 is 2.07 bits per heavy atom. The summed E-state index contributed by atoms with van der Waals surface area (Å²) in [5.41, 5.74) is 5.32. The molecule has 1 aromatic rings. The number of aryl methyl sites for hydroxylation is 1. The van der Waals surface area contributed by atoms with Crippen molar-refractivity contribution >= 4 is 11.5 Å². The molecule has 0 atom stereocenters. The van der Waals surface area contributed by atoms with Gasteiger partial charge in [0.25, 0.3) is 5.78 Å². The summed E-state index contributed by atoms with van der Waals surface area (Å²) >= 11 is 0. The van der Waals surface area contributed by atoms with Crippen molar-refractivity contribution in [3.05, 3.63) is 17.5 Å². The van der Waals surface area contributed by atoms with E-state index in [-0.39, 0.29) is 12.2 Å². The van der Waals surface area contributed by atoms with Gasteiger partial charge in [0.05, 0.1) is 5.69 Å². The Hall–Kier alpha value is -1.46. The smallest absolute Gasteiger partial charge is 0.397 e. The maximum atomic E-state index is 12.2. The van der Waals surface area contributed by atoms with Crippen molar-refractivity contribution in [2.75, 3.05) is 5.73 Å². The number of ketones is 1. The first-order valence-corrected chi connectivity index (χ1v) is 4.36. The van der Waals surface area contributed by atoms with E-state index in [1.54, 1.807) is 13.8 Å². The Kier molecular flexibility index (Phi) is 2.79. The second-order valence-electron chi connectivity index (χ2n) is 3.16. The van der Waals surface area contributed by atoms with Crippen molar-refractivity contribution < 1.29 is 18.0 Å². The monoisotopic (exact) mass is 220 g/mol. The lowest BCUT2D eigenvalue weighted by Gasteiger charge is -2.10. The number of aromatic nitrogens is 1. The SMILES string of the molecule is CCn1c(C)cc(N)c1C(=O)C(F)(F)F. The second kappa shape index (κ2) is 3.60. The van der Waals surface area contributed by atoms with E-state index < -0.39 is 17.7 Å². The Bertz CT molecular complexity index is 393. The van der Waals surface area contributed by atoms with Gasteiger partial charge in [0.1, 0.15) is 5.69 Å². The molecule has 3 nitrogen and oxygen atoms in total. The van der Waals surface area contributed by atoms with Crippen molar-refractivity contribution in [3.63, 3.8) is 0 Å². The van der Waals surface area contributed by atoms with Gasteiger partial charge in [0.2, 0.25) is 0 Å². The van der Waals surface area contributed by atoms with Crippen molar-refractivity contribution in [2.24, 2.45) is 0 Å². The maximum Gasteiger partial charge on any atom is 0.456 e. The van der Waals surface area contributed by atoms with Crippen LogP contribution in [0.5, 0.6) is 0 Å². The topological polar surface area (TPSA) is 48.0 Å². The lowest BCUT2D eigenvalue weighted by Crippen LogP contribution is -2.26. The van der Waals surface area contributed by atoms with Crippen LogP contribution in [-0.2, 0) is 6.54 Å². The summed E-state index contributed by atoms with van der Waals surface area (Å²) in [7, 11) is 0. The normalized spacial score (nSPS) is 11.8. The van der Waals surface area contributed by atoms with E-state index in [0.717, 1.165) is 0 Å². The third-order valence-electron chi connectivity index (χ3n) is 2.12. The van der Waals surface area contributed by atoms with Gasteiger partial charge in [0.15, 0.2) is 0 Å². The lowest BCUT2D eigenvalue weighted by atomic mass is 10.2. The predicted molar refractivity (Wildman–Crippen MR) is 49.6 cm³/mol. The summed E-state index contributed by atoms with van der Waals surface area (Å²) in [6, 6.07) is 1.36. The molecule has 0 aliphatic heterocycles. The Labute approximate surface area is 84.7 Å². The first-order chi connectivity index (χ1) is 6.79. The van der Waals surface area contributed by atoms with Gasteiger partial charge in [-0.25, -0.2) is 0 Å². The minimum Gasteiger partial charge on any atom is -0.397 e. The summed E-state index contributed by atoms with van der Waals surface area (Å²) in [4.78, 5) is 11.1. The summed E-state index contributed by atoms with van der Waals surface area (Å²) in [5, 5.41) is 0. The van der Waals surface area contributed by atoms with E-state index in [1.807, 2.05) is 0 Å². The number of hydrogen-bond acceptors (Lipinski definition) is 2. The molecular formula is C9H11F3N2O. The molecule has 1 heterocycles. The first-order valence-electron chi connectivity index (χ1n) is 4.36.